The second-order valence-electron chi connectivity index (χ2n) is 4.79. The van der Waals surface area contributed by atoms with Crippen molar-refractivity contribution in [2.75, 3.05) is 14.2 Å². The molecule has 0 heterocycles. The molecular weight excluding hydrogens is 260 g/mol. The van der Waals surface area contributed by atoms with E-state index in [1.165, 1.54) is 26.4 Å². The number of allylic oxidation sites excluding steroid dienone is 2. The number of esters is 2. The quantitative estimate of drug-likeness (QED) is 0.404. The monoisotopic (exact) mass is 280 g/mol. The van der Waals surface area contributed by atoms with E-state index in [2.05, 4.69) is 6.58 Å². The standard InChI is InChI=1S/C15H20O5/c1-4-9-15(13(17)19-2,14(18)20-3)10-5-6-11-7-8-12(11)16/h4-5,10-11H,1,6-9H2,2-3H3/b10-5+. The summed E-state index contributed by atoms with van der Waals surface area (Å²) < 4.78 is 9.41. The summed E-state index contributed by atoms with van der Waals surface area (Å²) in [5.74, 6) is -1.16. The van der Waals surface area contributed by atoms with Crippen molar-refractivity contribution in [3.05, 3.63) is 24.8 Å². The lowest BCUT2D eigenvalue weighted by atomic mass is 9.79. The number of Topliss-reactive ketones (excluding diaryl/α,β-unsaturated/α-hetero) is 1. The van der Waals surface area contributed by atoms with Crippen molar-refractivity contribution in [2.45, 2.75) is 25.7 Å². The molecule has 0 N–H and O–H groups in total. The molecular formula is C15H20O5. The van der Waals surface area contributed by atoms with Gasteiger partial charge in [-0.3, -0.25) is 14.4 Å². The first-order valence-electron chi connectivity index (χ1n) is 6.50. The maximum atomic E-state index is 12.0. The van der Waals surface area contributed by atoms with E-state index < -0.39 is 17.4 Å². The first-order chi connectivity index (χ1) is 9.51. The van der Waals surface area contributed by atoms with Gasteiger partial charge in [0.05, 0.1) is 14.2 Å². The van der Waals surface area contributed by atoms with Crippen LogP contribution in [0, 0.1) is 11.3 Å². The zero-order valence-electron chi connectivity index (χ0n) is 11.9. The fourth-order valence-electron chi connectivity index (χ4n) is 2.20. The number of rotatable bonds is 7. The van der Waals surface area contributed by atoms with Crippen LogP contribution in [0.3, 0.4) is 0 Å². The molecule has 0 aliphatic heterocycles. The molecule has 20 heavy (non-hydrogen) atoms. The number of methoxy groups -OCH3 is 2. The Balaban J connectivity index is 2.92. The maximum Gasteiger partial charge on any atom is 0.327 e. The third-order valence-electron chi connectivity index (χ3n) is 3.58. The van der Waals surface area contributed by atoms with Gasteiger partial charge in [-0.1, -0.05) is 18.2 Å². The van der Waals surface area contributed by atoms with Gasteiger partial charge in [-0.05, 0) is 19.3 Å². The van der Waals surface area contributed by atoms with Gasteiger partial charge in [0.2, 0.25) is 0 Å². The first-order valence-corrected chi connectivity index (χ1v) is 6.50. The molecule has 0 aromatic carbocycles. The van der Waals surface area contributed by atoms with Crippen LogP contribution in [0.2, 0.25) is 0 Å². The molecule has 1 aliphatic rings. The summed E-state index contributed by atoms with van der Waals surface area (Å²) in [4.78, 5) is 35.2. The molecule has 0 saturated heterocycles. The van der Waals surface area contributed by atoms with E-state index in [-0.39, 0.29) is 18.1 Å². The Bertz CT molecular complexity index is 420. The third-order valence-corrected chi connectivity index (χ3v) is 3.58. The molecule has 1 fully saturated rings. The molecule has 1 rings (SSSR count). The number of hydrogen-bond donors (Lipinski definition) is 0. The molecule has 1 aliphatic carbocycles. The molecule has 0 amide bonds. The van der Waals surface area contributed by atoms with Gasteiger partial charge >= 0.3 is 11.9 Å². The predicted octanol–water partition coefficient (Wildman–Crippen LogP) is 1.82. The Morgan fingerprint density at radius 3 is 2.30 bits per heavy atom. The van der Waals surface area contributed by atoms with E-state index in [1.54, 1.807) is 6.08 Å². The van der Waals surface area contributed by atoms with E-state index in [1.807, 2.05) is 0 Å². The third kappa shape index (κ3) is 3.15. The summed E-state index contributed by atoms with van der Waals surface area (Å²) in [5, 5.41) is 0. The minimum Gasteiger partial charge on any atom is -0.468 e. The molecule has 0 aromatic rings. The van der Waals surface area contributed by atoms with E-state index in [9.17, 15) is 14.4 Å². The van der Waals surface area contributed by atoms with Crippen LogP contribution >= 0.6 is 0 Å². The van der Waals surface area contributed by atoms with Gasteiger partial charge in [-0.25, -0.2) is 0 Å². The number of carbonyl (C=O) groups excluding carboxylic acids is 3. The Kier molecular flexibility index (Phi) is 5.67. The van der Waals surface area contributed by atoms with Gasteiger partial charge in [-0.2, -0.15) is 0 Å². The van der Waals surface area contributed by atoms with Crippen LogP contribution in [0.25, 0.3) is 0 Å². The Morgan fingerprint density at radius 2 is 1.95 bits per heavy atom. The lowest BCUT2D eigenvalue weighted by molar-refractivity contribution is -0.164. The van der Waals surface area contributed by atoms with E-state index in [0.717, 1.165) is 6.42 Å². The largest absolute Gasteiger partial charge is 0.468 e. The molecule has 1 unspecified atom stereocenters. The summed E-state index contributed by atoms with van der Waals surface area (Å²) in [6.45, 7) is 3.56. The van der Waals surface area contributed by atoms with Crippen molar-refractivity contribution in [3.8, 4) is 0 Å². The lowest BCUT2D eigenvalue weighted by Gasteiger charge is -2.25. The van der Waals surface area contributed by atoms with Gasteiger partial charge < -0.3 is 9.47 Å². The molecule has 1 atom stereocenters. The molecule has 0 radical (unpaired) electrons. The molecule has 0 aromatic heterocycles. The fourth-order valence-corrected chi connectivity index (χ4v) is 2.20. The number of carbonyl (C=O) groups is 3. The highest BCUT2D eigenvalue weighted by molar-refractivity contribution is 6.02. The van der Waals surface area contributed by atoms with Crippen molar-refractivity contribution in [2.24, 2.45) is 11.3 Å². The fraction of sp³-hybridized carbons (Fsp3) is 0.533. The van der Waals surface area contributed by atoms with Crippen LogP contribution in [0.5, 0.6) is 0 Å². The Hall–Kier alpha value is -1.91. The zero-order chi connectivity index (χ0) is 15.2. The van der Waals surface area contributed by atoms with Gasteiger partial charge in [0.1, 0.15) is 5.78 Å². The summed E-state index contributed by atoms with van der Waals surface area (Å²) in [5.41, 5.74) is -1.52. The van der Waals surface area contributed by atoms with Crippen LogP contribution in [0.4, 0.5) is 0 Å². The predicted molar refractivity (Wildman–Crippen MR) is 72.8 cm³/mol. The summed E-state index contributed by atoms with van der Waals surface area (Å²) >= 11 is 0. The van der Waals surface area contributed by atoms with Crippen molar-refractivity contribution in [1.82, 2.24) is 0 Å². The van der Waals surface area contributed by atoms with E-state index >= 15 is 0 Å². The van der Waals surface area contributed by atoms with E-state index in [4.69, 9.17) is 9.47 Å². The Morgan fingerprint density at radius 1 is 1.35 bits per heavy atom. The molecule has 5 heteroatoms. The summed E-state index contributed by atoms with van der Waals surface area (Å²) in [7, 11) is 2.43. The van der Waals surface area contributed by atoms with Crippen LogP contribution < -0.4 is 0 Å². The molecule has 1 saturated carbocycles. The normalized spacial score (nSPS) is 18.5. The average molecular weight is 280 g/mol. The van der Waals surface area contributed by atoms with Crippen LogP contribution in [-0.4, -0.2) is 31.9 Å². The van der Waals surface area contributed by atoms with E-state index in [0.29, 0.717) is 12.8 Å². The Labute approximate surface area is 118 Å². The molecule has 0 spiro atoms. The first kappa shape index (κ1) is 16.1. The molecule has 110 valence electrons. The lowest BCUT2D eigenvalue weighted by Crippen LogP contribution is -2.39. The minimum atomic E-state index is -1.52. The van der Waals surface area contributed by atoms with Crippen LogP contribution in [-0.2, 0) is 23.9 Å². The van der Waals surface area contributed by atoms with Crippen molar-refractivity contribution in [1.29, 1.82) is 0 Å². The second-order valence-corrected chi connectivity index (χ2v) is 4.79. The number of ketones is 1. The maximum absolute atomic E-state index is 12.0. The van der Waals surface area contributed by atoms with Crippen molar-refractivity contribution in [3.63, 3.8) is 0 Å². The van der Waals surface area contributed by atoms with Crippen molar-refractivity contribution < 1.29 is 23.9 Å². The van der Waals surface area contributed by atoms with Gasteiger partial charge in [-0.15, -0.1) is 6.58 Å². The molecule has 0 bridgehead atoms. The highest BCUT2D eigenvalue weighted by atomic mass is 16.5. The SMILES string of the molecule is C=CCC(/C=C/CC1CCC1=O)(C(=O)OC)C(=O)OC. The van der Waals surface area contributed by atoms with Gasteiger partial charge in [0.15, 0.2) is 5.41 Å². The van der Waals surface area contributed by atoms with Gasteiger partial charge in [0, 0.05) is 12.3 Å². The molecule has 5 nitrogen and oxygen atoms in total. The summed E-state index contributed by atoms with van der Waals surface area (Å²) in [6, 6.07) is 0. The number of hydrogen-bond acceptors (Lipinski definition) is 5. The second kappa shape index (κ2) is 7.03. The van der Waals surface area contributed by atoms with Gasteiger partial charge in [0.25, 0.3) is 0 Å². The number of ether oxygens (including phenoxy) is 2. The highest BCUT2D eigenvalue weighted by Gasteiger charge is 2.45. The zero-order valence-corrected chi connectivity index (χ0v) is 11.9. The van der Waals surface area contributed by atoms with Crippen molar-refractivity contribution >= 4 is 17.7 Å². The highest BCUT2D eigenvalue weighted by Crippen LogP contribution is 2.31. The minimum absolute atomic E-state index is 0.00275. The van der Waals surface area contributed by atoms with Crippen LogP contribution in [0.1, 0.15) is 25.7 Å². The average Bonchev–Trinajstić information content (AvgIpc) is 2.46. The smallest absolute Gasteiger partial charge is 0.327 e. The van der Waals surface area contributed by atoms with Crippen LogP contribution in [0.15, 0.2) is 24.8 Å². The topological polar surface area (TPSA) is 69.7 Å². The summed E-state index contributed by atoms with van der Waals surface area (Å²) in [6.07, 6.45) is 6.69.